The summed E-state index contributed by atoms with van der Waals surface area (Å²) in [5.74, 6) is -5.26. The Hall–Kier alpha value is -3.95. The minimum absolute atomic E-state index is 0.0629. The van der Waals surface area contributed by atoms with E-state index in [1.165, 1.54) is 4.90 Å². The highest BCUT2D eigenvalue weighted by Crippen LogP contribution is 2.54. The highest BCUT2D eigenvalue weighted by molar-refractivity contribution is 6.35. The number of phenols is 1. The van der Waals surface area contributed by atoms with Gasteiger partial charge in [0.15, 0.2) is 11.4 Å². The Morgan fingerprint density at radius 1 is 1.00 bits per heavy atom. The number of Topliss-reactive ketones (excluding diaryl/α,β-unsaturated/α-hetero) is 3. The Morgan fingerprint density at radius 2 is 1.64 bits per heavy atom. The molecule has 3 aliphatic carbocycles. The molecule has 3 aliphatic rings. The van der Waals surface area contributed by atoms with E-state index in [4.69, 9.17) is 0 Å². The fourth-order valence-corrected chi connectivity index (χ4v) is 6.54. The van der Waals surface area contributed by atoms with Crippen molar-refractivity contribution in [1.29, 1.82) is 0 Å². The van der Waals surface area contributed by atoms with Crippen molar-refractivity contribution in [3.63, 3.8) is 0 Å². The van der Waals surface area contributed by atoms with E-state index in [2.05, 4.69) is 0 Å². The number of benzene rings is 2. The molecule has 0 bridgehead atoms. The topological polar surface area (TPSA) is 139 Å². The summed E-state index contributed by atoms with van der Waals surface area (Å²) >= 11 is 0. The smallest absolute Gasteiger partial charge is 0.209 e. The molecule has 0 aromatic heterocycles. The lowest BCUT2D eigenvalue weighted by molar-refractivity contribution is -0.165. The van der Waals surface area contributed by atoms with Crippen molar-refractivity contribution in [3.05, 3.63) is 64.4 Å². The summed E-state index contributed by atoms with van der Waals surface area (Å²) < 4.78 is 0. The Balaban J connectivity index is 1.75. The summed E-state index contributed by atoms with van der Waals surface area (Å²) in [6.07, 6.45) is 0.642. The number of rotatable bonds is 3. The summed E-state index contributed by atoms with van der Waals surface area (Å²) in [5.41, 5.74) is 0.199. The number of nitrogens with zero attached hydrogens (tertiary/aromatic N) is 2. The molecule has 9 nitrogen and oxygen atoms in total. The molecule has 4 N–H and O–H groups in total. The van der Waals surface area contributed by atoms with E-state index in [1.54, 1.807) is 14.1 Å². The Kier molecular flexibility index (Phi) is 6.19. The van der Waals surface area contributed by atoms with Gasteiger partial charge in [-0.2, -0.15) is 0 Å². The van der Waals surface area contributed by atoms with Gasteiger partial charge in [-0.1, -0.05) is 29.8 Å². The molecule has 39 heavy (non-hydrogen) atoms. The maximum Gasteiger partial charge on any atom is 0.209 e. The molecule has 0 spiro atoms. The van der Waals surface area contributed by atoms with Gasteiger partial charge < -0.3 is 25.3 Å². The summed E-state index contributed by atoms with van der Waals surface area (Å²) in [7, 11) is 6.89. The second-order valence-corrected chi connectivity index (χ2v) is 11.2. The normalized spacial score (nSPS) is 27.5. The van der Waals surface area contributed by atoms with Gasteiger partial charge in [0.05, 0.1) is 17.9 Å². The molecule has 5 rings (SSSR count). The highest BCUT2D eigenvalue weighted by Gasteiger charge is 2.65. The van der Waals surface area contributed by atoms with E-state index in [9.17, 15) is 34.8 Å². The van der Waals surface area contributed by atoms with E-state index in [0.717, 1.165) is 11.3 Å². The number of fused-ring (bicyclic) bond motifs is 3. The van der Waals surface area contributed by atoms with Gasteiger partial charge in [0.1, 0.15) is 17.1 Å². The summed E-state index contributed by atoms with van der Waals surface area (Å²) in [5, 5.41) is 44.4. The molecule has 0 unspecified atom stereocenters. The van der Waals surface area contributed by atoms with E-state index in [-0.39, 0.29) is 29.7 Å². The fraction of sp³-hybridized carbons (Fsp3) is 0.367. The minimum atomic E-state index is -2.65. The molecule has 2 aromatic rings. The second-order valence-electron chi connectivity index (χ2n) is 11.2. The van der Waals surface area contributed by atoms with Gasteiger partial charge in [0.25, 0.3) is 0 Å². The Morgan fingerprint density at radius 3 is 2.21 bits per heavy atom. The molecule has 0 aliphatic heterocycles. The van der Waals surface area contributed by atoms with Crippen LogP contribution in [0.2, 0.25) is 0 Å². The number of aromatic hydroxyl groups is 1. The van der Waals surface area contributed by atoms with Crippen molar-refractivity contribution >= 4 is 28.8 Å². The van der Waals surface area contributed by atoms with Crippen LogP contribution < -0.4 is 4.90 Å². The van der Waals surface area contributed by atoms with Crippen molar-refractivity contribution in [2.24, 2.45) is 11.8 Å². The van der Waals surface area contributed by atoms with Gasteiger partial charge in [-0.3, -0.25) is 19.3 Å². The highest BCUT2D eigenvalue weighted by atomic mass is 16.3. The number of ketones is 3. The number of carbonyl (C=O) groups excluding carboxylic acids is 3. The molecule has 0 amide bonds. The summed E-state index contributed by atoms with van der Waals surface area (Å²) in [6, 6.07) is 8.32. The van der Waals surface area contributed by atoms with Crippen molar-refractivity contribution < 1.29 is 34.8 Å². The number of hydrogen-bond donors (Lipinski definition) is 4. The first-order chi connectivity index (χ1) is 18.3. The van der Waals surface area contributed by atoms with Gasteiger partial charge in [0.2, 0.25) is 11.6 Å². The number of likely N-dealkylation sites (N-methyl/N-ethyl adjacent to an activating group) is 1. The molecular weight excluding hydrogens is 500 g/mol. The van der Waals surface area contributed by atoms with Crippen LogP contribution in [0.15, 0.2) is 47.7 Å². The van der Waals surface area contributed by atoms with E-state index in [0.29, 0.717) is 23.0 Å². The average Bonchev–Trinajstić information content (AvgIpc) is 2.87. The third kappa shape index (κ3) is 3.64. The van der Waals surface area contributed by atoms with Crippen LogP contribution in [-0.2, 0) is 20.8 Å². The molecule has 0 saturated heterocycles. The molecule has 4 atom stereocenters. The van der Waals surface area contributed by atoms with Gasteiger partial charge in [-0.25, -0.2) is 0 Å². The molecule has 2 fully saturated rings. The van der Waals surface area contributed by atoms with Crippen LogP contribution in [0.5, 0.6) is 5.75 Å². The lowest BCUT2D eigenvalue weighted by Crippen LogP contribution is -2.69. The number of aryl methyl sites for hydroxylation is 1. The zero-order valence-corrected chi connectivity index (χ0v) is 22.5. The largest absolute Gasteiger partial charge is 0.515 e. The SMILES string of the molecule is Cc1ccc(-c2cc(N(C)C)c3c(c2O)C(O)=C2C(=O)[C@]4(O)C(=O)C(=CO)C(=O)[C@@H](N(C)C)[C@@H]4C[C@@H]2C3)cc1. The first-order valence-corrected chi connectivity index (χ1v) is 12.8. The van der Waals surface area contributed by atoms with Gasteiger partial charge in [-0.15, -0.1) is 0 Å². The van der Waals surface area contributed by atoms with E-state index < -0.39 is 52.2 Å². The zero-order valence-electron chi connectivity index (χ0n) is 22.5. The molecule has 0 radical (unpaired) electrons. The second kappa shape index (κ2) is 9.07. The molecule has 2 aromatic carbocycles. The molecule has 204 valence electrons. The number of phenolic OH excluding ortho intramolecular Hbond substituents is 1. The Bertz CT molecular complexity index is 1490. The Labute approximate surface area is 226 Å². The van der Waals surface area contributed by atoms with Gasteiger partial charge in [-0.05, 0) is 57.0 Å². The van der Waals surface area contributed by atoms with Crippen LogP contribution in [0.3, 0.4) is 0 Å². The third-order valence-corrected chi connectivity index (χ3v) is 8.44. The molecule has 9 heteroatoms. The average molecular weight is 533 g/mol. The van der Waals surface area contributed by atoms with E-state index in [1.807, 2.05) is 56.3 Å². The standard InChI is InChI=1S/C30H32N2O7/c1-14-6-8-15(9-7-14)17-12-21(31(2)3)18-10-16-11-20-24(32(4)5)26(35)19(13-33)28(37)30(20,39)29(38)22(16)27(36)23(18)25(17)34/h6-9,12-13,16,20,24,33-34,36,39H,10-11H2,1-5H3/t16-,20-,24-,30+/m0/s1. The number of hydrogen-bond acceptors (Lipinski definition) is 9. The van der Waals surface area contributed by atoms with Gasteiger partial charge in [0, 0.05) is 36.8 Å². The van der Waals surface area contributed by atoms with Crippen LogP contribution in [0.25, 0.3) is 16.9 Å². The lowest BCUT2D eigenvalue weighted by atomic mass is 9.56. The monoisotopic (exact) mass is 532 g/mol. The van der Waals surface area contributed by atoms with Gasteiger partial charge >= 0.3 is 0 Å². The quantitative estimate of drug-likeness (QED) is 0.203. The van der Waals surface area contributed by atoms with Crippen LogP contribution in [0.1, 0.15) is 23.1 Å². The van der Waals surface area contributed by atoms with Crippen molar-refractivity contribution in [2.45, 2.75) is 31.4 Å². The van der Waals surface area contributed by atoms with Crippen molar-refractivity contribution in [3.8, 4) is 16.9 Å². The first kappa shape index (κ1) is 26.6. The lowest BCUT2D eigenvalue weighted by Gasteiger charge is -2.50. The zero-order chi connectivity index (χ0) is 28.5. The predicted octanol–water partition coefficient (Wildman–Crippen LogP) is 2.72. The van der Waals surface area contributed by atoms with Crippen LogP contribution >= 0.6 is 0 Å². The fourth-order valence-electron chi connectivity index (χ4n) is 6.54. The predicted molar refractivity (Wildman–Crippen MR) is 146 cm³/mol. The summed E-state index contributed by atoms with van der Waals surface area (Å²) in [4.78, 5) is 43.8. The van der Waals surface area contributed by atoms with Crippen LogP contribution in [0, 0.1) is 18.8 Å². The van der Waals surface area contributed by atoms with Crippen LogP contribution in [0.4, 0.5) is 5.69 Å². The van der Waals surface area contributed by atoms with Crippen molar-refractivity contribution in [2.75, 3.05) is 33.1 Å². The number of aliphatic hydroxyl groups is 3. The first-order valence-electron chi connectivity index (χ1n) is 12.8. The van der Waals surface area contributed by atoms with Crippen molar-refractivity contribution in [1.82, 2.24) is 4.90 Å². The number of anilines is 1. The van der Waals surface area contributed by atoms with E-state index >= 15 is 0 Å². The third-order valence-electron chi connectivity index (χ3n) is 8.44. The van der Waals surface area contributed by atoms with Crippen LogP contribution in [-0.4, -0.2) is 82.5 Å². The maximum absolute atomic E-state index is 14.0. The summed E-state index contributed by atoms with van der Waals surface area (Å²) in [6.45, 7) is 1.95. The minimum Gasteiger partial charge on any atom is -0.515 e. The molecular formula is C30H32N2O7. The molecule has 0 heterocycles. The maximum atomic E-state index is 14.0. The molecule has 2 saturated carbocycles. The number of aliphatic hydroxyl groups excluding tert-OH is 2. The number of carbonyl (C=O) groups is 3.